The molecule has 3 rings (SSSR count). The molecule has 0 aliphatic rings. The van der Waals surface area contributed by atoms with Crippen molar-refractivity contribution in [1.82, 2.24) is 10.2 Å². The number of nitrogens with one attached hydrogen (secondary N) is 1. The predicted molar refractivity (Wildman–Crippen MR) is 75.7 cm³/mol. The monoisotopic (exact) mass is 251 g/mol. The first-order valence-electron chi connectivity index (χ1n) is 6.06. The Balaban J connectivity index is 2.29. The van der Waals surface area contributed by atoms with Gasteiger partial charge in [-0.05, 0) is 23.3 Å². The SMILES string of the molecule is NCc1n[nH]c(=O)c2ccc(-c3ccccc3)cc12. The number of nitrogens with two attached hydrogens (primary N) is 1. The first kappa shape index (κ1) is 11.6. The van der Waals surface area contributed by atoms with Crippen LogP contribution in [0.4, 0.5) is 0 Å². The quantitative estimate of drug-likeness (QED) is 0.732. The average Bonchev–Trinajstić information content (AvgIpc) is 2.48. The molecule has 19 heavy (non-hydrogen) atoms. The molecule has 3 aromatic rings. The highest BCUT2D eigenvalue weighted by Gasteiger charge is 2.07. The first-order valence-corrected chi connectivity index (χ1v) is 6.06. The summed E-state index contributed by atoms with van der Waals surface area (Å²) in [5.41, 5.74) is 8.34. The maximum atomic E-state index is 11.7. The van der Waals surface area contributed by atoms with E-state index in [-0.39, 0.29) is 5.56 Å². The number of hydrogen-bond donors (Lipinski definition) is 2. The van der Waals surface area contributed by atoms with Crippen molar-refractivity contribution in [2.45, 2.75) is 6.54 Å². The van der Waals surface area contributed by atoms with E-state index in [9.17, 15) is 4.79 Å². The lowest BCUT2D eigenvalue weighted by Crippen LogP contribution is -2.13. The summed E-state index contributed by atoms with van der Waals surface area (Å²) < 4.78 is 0. The van der Waals surface area contributed by atoms with E-state index in [4.69, 9.17) is 5.73 Å². The van der Waals surface area contributed by atoms with Crippen molar-refractivity contribution in [2.24, 2.45) is 5.73 Å². The van der Waals surface area contributed by atoms with Crippen LogP contribution >= 0.6 is 0 Å². The predicted octanol–water partition coefficient (Wildman–Crippen LogP) is 2.05. The summed E-state index contributed by atoms with van der Waals surface area (Å²) in [4.78, 5) is 11.7. The molecule has 94 valence electrons. The van der Waals surface area contributed by atoms with Gasteiger partial charge in [0, 0.05) is 11.9 Å². The number of benzene rings is 2. The Morgan fingerprint density at radius 2 is 1.79 bits per heavy atom. The van der Waals surface area contributed by atoms with Crippen LogP contribution < -0.4 is 11.3 Å². The van der Waals surface area contributed by atoms with Gasteiger partial charge < -0.3 is 5.73 Å². The van der Waals surface area contributed by atoms with Gasteiger partial charge in [-0.2, -0.15) is 5.10 Å². The molecule has 0 amide bonds. The summed E-state index contributed by atoms with van der Waals surface area (Å²) in [7, 11) is 0. The zero-order chi connectivity index (χ0) is 13.2. The molecule has 0 radical (unpaired) electrons. The summed E-state index contributed by atoms with van der Waals surface area (Å²) in [6.07, 6.45) is 0. The molecule has 0 saturated heterocycles. The fraction of sp³-hybridized carbons (Fsp3) is 0.0667. The summed E-state index contributed by atoms with van der Waals surface area (Å²) in [6, 6.07) is 15.7. The van der Waals surface area contributed by atoms with Crippen molar-refractivity contribution >= 4 is 10.8 Å². The smallest absolute Gasteiger partial charge is 0.272 e. The zero-order valence-corrected chi connectivity index (χ0v) is 10.3. The van der Waals surface area contributed by atoms with Gasteiger partial charge in [-0.25, -0.2) is 5.10 Å². The minimum absolute atomic E-state index is 0.188. The molecule has 1 heterocycles. The van der Waals surface area contributed by atoms with Gasteiger partial charge in [0.05, 0.1) is 11.1 Å². The molecular formula is C15H13N3O. The van der Waals surface area contributed by atoms with E-state index < -0.39 is 0 Å². The van der Waals surface area contributed by atoms with E-state index in [1.165, 1.54) is 0 Å². The minimum Gasteiger partial charge on any atom is -0.325 e. The molecule has 3 N–H and O–H groups in total. The van der Waals surface area contributed by atoms with Crippen molar-refractivity contribution in [1.29, 1.82) is 0 Å². The standard InChI is InChI=1S/C15H13N3O/c16-9-14-13-8-11(10-4-2-1-3-5-10)6-7-12(13)15(19)18-17-14/h1-8H,9,16H2,(H,18,19). The van der Waals surface area contributed by atoms with Crippen LogP contribution in [0.3, 0.4) is 0 Å². The Kier molecular flexibility index (Phi) is 2.85. The molecule has 0 unspecified atom stereocenters. The molecule has 1 aromatic heterocycles. The Morgan fingerprint density at radius 3 is 2.53 bits per heavy atom. The van der Waals surface area contributed by atoms with Gasteiger partial charge in [-0.15, -0.1) is 0 Å². The summed E-state index contributed by atoms with van der Waals surface area (Å²) in [5, 5.41) is 7.90. The third-order valence-electron chi connectivity index (χ3n) is 3.17. The molecule has 0 saturated carbocycles. The van der Waals surface area contributed by atoms with Crippen LogP contribution in [0, 0.1) is 0 Å². The van der Waals surface area contributed by atoms with Crippen LogP contribution in [-0.2, 0) is 6.54 Å². The largest absolute Gasteiger partial charge is 0.325 e. The number of nitrogens with zero attached hydrogens (tertiary/aromatic N) is 1. The van der Waals surface area contributed by atoms with E-state index in [2.05, 4.69) is 10.2 Å². The van der Waals surface area contributed by atoms with Gasteiger partial charge in [0.2, 0.25) is 0 Å². The van der Waals surface area contributed by atoms with Crippen molar-refractivity contribution in [3.8, 4) is 11.1 Å². The average molecular weight is 251 g/mol. The van der Waals surface area contributed by atoms with Crippen LogP contribution in [-0.4, -0.2) is 10.2 Å². The van der Waals surface area contributed by atoms with Gasteiger partial charge in [-0.1, -0.05) is 36.4 Å². The normalized spacial score (nSPS) is 10.8. The molecule has 0 fully saturated rings. The van der Waals surface area contributed by atoms with Crippen LogP contribution in [0.25, 0.3) is 21.9 Å². The molecule has 0 aliphatic heterocycles. The highest BCUT2D eigenvalue weighted by atomic mass is 16.1. The van der Waals surface area contributed by atoms with Crippen molar-refractivity contribution in [3.63, 3.8) is 0 Å². The molecule has 0 aliphatic carbocycles. The second-order valence-electron chi connectivity index (χ2n) is 4.33. The fourth-order valence-electron chi connectivity index (χ4n) is 2.19. The Bertz CT molecular complexity index is 778. The maximum Gasteiger partial charge on any atom is 0.272 e. The first-order chi connectivity index (χ1) is 9.29. The van der Waals surface area contributed by atoms with E-state index >= 15 is 0 Å². The molecule has 0 atom stereocenters. The van der Waals surface area contributed by atoms with Gasteiger partial charge in [-0.3, -0.25) is 4.79 Å². The third kappa shape index (κ3) is 2.02. The molecule has 4 heteroatoms. The Labute approximate surface area is 109 Å². The summed E-state index contributed by atoms with van der Waals surface area (Å²) in [5.74, 6) is 0. The summed E-state index contributed by atoms with van der Waals surface area (Å²) in [6.45, 7) is 0.297. The number of fused-ring (bicyclic) bond motifs is 1. The lowest BCUT2D eigenvalue weighted by molar-refractivity contribution is 0.900. The molecule has 2 aromatic carbocycles. The Morgan fingerprint density at radius 1 is 1.00 bits per heavy atom. The third-order valence-corrected chi connectivity index (χ3v) is 3.17. The molecule has 0 spiro atoms. The highest BCUT2D eigenvalue weighted by molar-refractivity contribution is 5.88. The van der Waals surface area contributed by atoms with Crippen LogP contribution in [0.2, 0.25) is 0 Å². The van der Waals surface area contributed by atoms with Gasteiger partial charge >= 0.3 is 0 Å². The lowest BCUT2D eigenvalue weighted by atomic mass is 10.0. The topological polar surface area (TPSA) is 71.8 Å². The van der Waals surface area contributed by atoms with Crippen molar-refractivity contribution in [2.75, 3.05) is 0 Å². The second-order valence-corrected chi connectivity index (χ2v) is 4.33. The van der Waals surface area contributed by atoms with E-state index in [0.29, 0.717) is 17.6 Å². The van der Waals surface area contributed by atoms with Crippen LogP contribution in [0.5, 0.6) is 0 Å². The molecule has 0 bridgehead atoms. The number of H-pyrrole nitrogens is 1. The van der Waals surface area contributed by atoms with E-state index in [1.54, 1.807) is 0 Å². The maximum absolute atomic E-state index is 11.7. The van der Waals surface area contributed by atoms with Crippen LogP contribution in [0.1, 0.15) is 5.69 Å². The summed E-state index contributed by atoms with van der Waals surface area (Å²) >= 11 is 0. The van der Waals surface area contributed by atoms with Gasteiger partial charge in [0.1, 0.15) is 0 Å². The van der Waals surface area contributed by atoms with Gasteiger partial charge in [0.15, 0.2) is 0 Å². The number of aromatic amines is 1. The van der Waals surface area contributed by atoms with Gasteiger partial charge in [0.25, 0.3) is 5.56 Å². The number of rotatable bonds is 2. The van der Waals surface area contributed by atoms with Crippen molar-refractivity contribution in [3.05, 3.63) is 64.6 Å². The van der Waals surface area contributed by atoms with Crippen LogP contribution in [0.15, 0.2) is 53.3 Å². The number of hydrogen-bond acceptors (Lipinski definition) is 3. The van der Waals surface area contributed by atoms with E-state index in [0.717, 1.165) is 16.5 Å². The lowest BCUT2D eigenvalue weighted by Gasteiger charge is -2.06. The van der Waals surface area contributed by atoms with Crippen molar-refractivity contribution < 1.29 is 0 Å². The minimum atomic E-state index is -0.188. The Hall–Kier alpha value is -2.46. The highest BCUT2D eigenvalue weighted by Crippen LogP contribution is 2.23. The van der Waals surface area contributed by atoms with E-state index in [1.807, 2.05) is 48.5 Å². The zero-order valence-electron chi connectivity index (χ0n) is 10.3. The number of aromatic nitrogens is 2. The second kappa shape index (κ2) is 4.66. The molecule has 4 nitrogen and oxygen atoms in total. The fourth-order valence-corrected chi connectivity index (χ4v) is 2.19. The molecular weight excluding hydrogens is 238 g/mol.